The van der Waals surface area contributed by atoms with Gasteiger partial charge in [0.1, 0.15) is 6.20 Å². The van der Waals surface area contributed by atoms with Crippen molar-refractivity contribution in [3.05, 3.63) is 45.1 Å². The number of aromatic nitrogens is 2. The van der Waals surface area contributed by atoms with Gasteiger partial charge in [-0.2, -0.15) is 0 Å². The van der Waals surface area contributed by atoms with Crippen molar-refractivity contribution in [1.29, 1.82) is 0 Å². The van der Waals surface area contributed by atoms with Crippen LogP contribution in [-0.2, 0) is 11.3 Å². The predicted octanol–water partition coefficient (Wildman–Crippen LogP) is 2.79. The van der Waals surface area contributed by atoms with Crippen molar-refractivity contribution in [3.63, 3.8) is 0 Å². The molecule has 0 unspecified atom stereocenters. The molecule has 23 heavy (non-hydrogen) atoms. The Hall–Kier alpha value is -2.61. The lowest BCUT2D eigenvalue weighted by molar-refractivity contribution is -0.385. The second-order valence-electron chi connectivity index (χ2n) is 4.80. The first-order chi connectivity index (χ1) is 10.9. The van der Waals surface area contributed by atoms with E-state index < -0.39 is 4.92 Å². The van der Waals surface area contributed by atoms with Gasteiger partial charge < -0.3 is 10.1 Å². The van der Waals surface area contributed by atoms with Gasteiger partial charge in [-0.05, 0) is 24.6 Å². The molecule has 9 heteroatoms. The predicted molar refractivity (Wildman–Crippen MR) is 84.9 cm³/mol. The molecule has 0 aliphatic heterocycles. The van der Waals surface area contributed by atoms with Gasteiger partial charge in [-0.1, -0.05) is 17.7 Å². The fourth-order valence-electron chi connectivity index (χ4n) is 1.94. The molecule has 0 aliphatic rings. The number of amides is 1. The molecule has 0 aliphatic carbocycles. The third-order valence-corrected chi connectivity index (χ3v) is 3.38. The van der Waals surface area contributed by atoms with Gasteiger partial charge in [0.15, 0.2) is 0 Å². The Labute approximate surface area is 137 Å². The number of nitro groups is 1. The molecule has 0 bridgehead atoms. The first-order valence-corrected chi connectivity index (χ1v) is 7.10. The first kappa shape index (κ1) is 16.8. The number of carbonyl (C=O) groups is 1. The zero-order chi connectivity index (χ0) is 17.0. The van der Waals surface area contributed by atoms with Crippen LogP contribution in [0.4, 0.5) is 11.4 Å². The lowest BCUT2D eigenvalue weighted by Crippen LogP contribution is -2.15. The summed E-state index contributed by atoms with van der Waals surface area (Å²) in [6.07, 6.45) is 1.34. The van der Waals surface area contributed by atoms with Gasteiger partial charge in [0.25, 0.3) is 0 Å². The summed E-state index contributed by atoms with van der Waals surface area (Å²) in [5, 5.41) is 18.0. The van der Waals surface area contributed by atoms with Gasteiger partial charge >= 0.3 is 11.6 Å². The quantitative estimate of drug-likeness (QED) is 0.645. The van der Waals surface area contributed by atoms with Crippen LogP contribution in [0.5, 0.6) is 5.88 Å². The molecular formula is C14H15ClN4O4. The van der Waals surface area contributed by atoms with Crippen molar-refractivity contribution in [2.75, 3.05) is 12.4 Å². The lowest BCUT2D eigenvalue weighted by Gasteiger charge is -2.08. The molecule has 2 rings (SSSR count). The van der Waals surface area contributed by atoms with E-state index in [9.17, 15) is 14.9 Å². The summed E-state index contributed by atoms with van der Waals surface area (Å²) in [6.45, 7) is 2.04. The van der Waals surface area contributed by atoms with E-state index in [0.717, 1.165) is 5.56 Å². The maximum Gasteiger partial charge on any atom is 0.350 e. The lowest BCUT2D eigenvalue weighted by atomic mass is 10.2. The molecule has 0 fully saturated rings. The summed E-state index contributed by atoms with van der Waals surface area (Å²) in [7, 11) is 1.30. The summed E-state index contributed by atoms with van der Waals surface area (Å²) in [4.78, 5) is 22.2. The van der Waals surface area contributed by atoms with Crippen LogP contribution in [0.1, 0.15) is 12.0 Å². The molecule has 0 atom stereocenters. The number of ether oxygens (including phenoxy) is 1. The fraction of sp³-hybridized carbons (Fsp3) is 0.286. The molecule has 1 aromatic heterocycles. The molecule has 0 saturated carbocycles. The zero-order valence-corrected chi connectivity index (χ0v) is 13.3. The highest BCUT2D eigenvalue weighted by atomic mass is 35.5. The Morgan fingerprint density at radius 2 is 2.26 bits per heavy atom. The maximum atomic E-state index is 12.0. The average molecular weight is 339 g/mol. The summed E-state index contributed by atoms with van der Waals surface area (Å²) < 4.78 is 6.14. The van der Waals surface area contributed by atoms with Crippen LogP contribution >= 0.6 is 11.6 Å². The van der Waals surface area contributed by atoms with Gasteiger partial charge in [-0.25, -0.2) is 0 Å². The highest BCUT2D eigenvalue weighted by molar-refractivity contribution is 6.31. The minimum Gasteiger partial charge on any atom is -0.475 e. The minimum absolute atomic E-state index is 0.0823. The average Bonchev–Trinajstić information content (AvgIpc) is 2.92. The monoisotopic (exact) mass is 338 g/mol. The van der Waals surface area contributed by atoms with Gasteiger partial charge in [0.05, 0.1) is 18.6 Å². The number of nitrogens with one attached hydrogen (secondary N) is 1. The molecule has 1 heterocycles. The normalized spacial score (nSPS) is 10.4. The van der Waals surface area contributed by atoms with Gasteiger partial charge in [0, 0.05) is 17.1 Å². The topological polar surface area (TPSA) is 99.3 Å². The number of halogens is 1. The molecule has 1 aromatic carbocycles. The van der Waals surface area contributed by atoms with Crippen LogP contribution in [0.15, 0.2) is 24.4 Å². The molecular weight excluding hydrogens is 324 g/mol. The fourth-order valence-corrected chi connectivity index (χ4v) is 2.11. The molecule has 0 saturated heterocycles. The Morgan fingerprint density at radius 3 is 2.87 bits per heavy atom. The Morgan fingerprint density at radius 1 is 1.52 bits per heavy atom. The Balaban J connectivity index is 1.99. The van der Waals surface area contributed by atoms with E-state index in [4.69, 9.17) is 16.3 Å². The minimum atomic E-state index is -0.586. The third kappa shape index (κ3) is 4.19. The van der Waals surface area contributed by atoms with E-state index in [1.54, 1.807) is 18.2 Å². The van der Waals surface area contributed by atoms with E-state index in [1.807, 2.05) is 6.92 Å². The van der Waals surface area contributed by atoms with E-state index in [1.165, 1.54) is 18.0 Å². The summed E-state index contributed by atoms with van der Waals surface area (Å²) >= 11 is 5.90. The Kier molecular flexibility index (Phi) is 5.17. The molecule has 1 amide bonds. The summed E-state index contributed by atoms with van der Waals surface area (Å²) in [5.41, 5.74) is 1.28. The number of rotatable bonds is 6. The number of anilines is 1. The highest BCUT2D eigenvalue weighted by Gasteiger charge is 2.20. The molecule has 1 N–H and O–H groups in total. The van der Waals surface area contributed by atoms with Crippen LogP contribution in [-0.4, -0.2) is 27.7 Å². The number of methoxy groups -OCH3 is 1. The number of nitrogens with zero attached hydrogens (tertiary/aromatic N) is 3. The standard InChI is InChI=1S/C14H15ClN4O4/c1-9-3-4-10(15)7-11(9)16-13(20)5-6-18-8-12(19(21)22)14(17-18)23-2/h3-4,7-8H,5-6H2,1-2H3,(H,16,20). The third-order valence-electron chi connectivity index (χ3n) is 3.14. The van der Waals surface area contributed by atoms with Crippen molar-refractivity contribution >= 4 is 28.9 Å². The summed E-state index contributed by atoms with van der Waals surface area (Å²) in [5.74, 6) is -0.325. The van der Waals surface area contributed by atoms with Crippen molar-refractivity contribution in [2.45, 2.75) is 19.9 Å². The molecule has 8 nitrogen and oxygen atoms in total. The van der Waals surface area contributed by atoms with Gasteiger partial charge in [-0.3, -0.25) is 19.6 Å². The zero-order valence-electron chi connectivity index (χ0n) is 12.6. The van der Waals surface area contributed by atoms with E-state index in [0.29, 0.717) is 10.7 Å². The molecule has 0 radical (unpaired) electrons. The number of carbonyl (C=O) groups excluding carboxylic acids is 1. The van der Waals surface area contributed by atoms with Crippen LogP contribution in [0, 0.1) is 17.0 Å². The van der Waals surface area contributed by atoms with Crippen LogP contribution in [0.2, 0.25) is 5.02 Å². The Bertz CT molecular complexity index is 744. The van der Waals surface area contributed by atoms with Crippen LogP contribution in [0.3, 0.4) is 0 Å². The second-order valence-corrected chi connectivity index (χ2v) is 5.24. The molecule has 2 aromatic rings. The second kappa shape index (κ2) is 7.10. The van der Waals surface area contributed by atoms with E-state index in [-0.39, 0.29) is 30.4 Å². The summed E-state index contributed by atoms with van der Waals surface area (Å²) in [6, 6.07) is 5.21. The van der Waals surface area contributed by atoms with E-state index in [2.05, 4.69) is 10.4 Å². The highest BCUT2D eigenvalue weighted by Crippen LogP contribution is 2.24. The number of aryl methyl sites for hydroxylation is 2. The van der Waals surface area contributed by atoms with Crippen molar-refractivity contribution in [1.82, 2.24) is 9.78 Å². The van der Waals surface area contributed by atoms with Crippen molar-refractivity contribution in [3.8, 4) is 5.88 Å². The van der Waals surface area contributed by atoms with Gasteiger partial charge in [-0.15, -0.1) is 5.10 Å². The van der Waals surface area contributed by atoms with Crippen molar-refractivity contribution in [2.24, 2.45) is 0 Å². The largest absolute Gasteiger partial charge is 0.475 e. The number of benzene rings is 1. The molecule has 0 spiro atoms. The maximum absolute atomic E-state index is 12.0. The van der Waals surface area contributed by atoms with E-state index >= 15 is 0 Å². The van der Waals surface area contributed by atoms with Crippen LogP contribution in [0.25, 0.3) is 0 Å². The van der Waals surface area contributed by atoms with Crippen molar-refractivity contribution < 1.29 is 14.5 Å². The molecule has 122 valence electrons. The smallest absolute Gasteiger partial charge is 0.350 e. The number of hydrogen-bond donors (Lipinski definition) is 1. The van der Waals surface area contributed by atoms with Gasteiger partial charge in [0.2, 0.25) is 5.91 Å². The first-order valence-electron chi connectivity index (χ1n) is 6.72. The number of hydrogen-bond acceptors (Lipinski definition) is 5. The SMILES string of the molecule is COc1nn(CCC(=O)Nc2cc(Cl)ccc2C)cc1[N+](=O)[O-]. The van der Waals surface area contributed by atoms with Crippen LogP contribution < -0.4 is 10.1 Å².